The second kappa shape index (κ2) is 15.9. The number of carbonyl (C=O) groups excluding carboxylic acids is 3. The lowest BCUT2D eigenvalue weighted by atomic mass is 9.99. The molecule has 0 saturated carbocycles. The highest BCUT2D eigenvalue weighted by atomic mass is 35.5. The van der Waals surface area contributed by atoms with Crippen molar-refractivity contribution in [2.75, 3.05) is 13.2 Å². The Hall–Kier alpha value is -3.77. The van der Waals surface area contributed by atoms with Crippen LogP contribution in [-0.2, 0) is 19.1 Å². The van der Waals surface area contributed by atoms with Crippen LogP contribution in [0.25, 0.3) is 5.00 Å². The van der Waals surface area contributed by atoms with Gasteiger partial charge in [0.2, 0.25) is 5.91 Å². The molecule has 0 spiro atoms. The number of esters is 1. The van der Waals surface area contributed by atoms with Crippen LogP contribution in [0.3, 0.4) is 0 Å². The van der Waals surface area contributed by atoms with Gasteiger partial charge in [-0.1, -0.05) is 37.1 Å². The maximum Gasteiger partial charge on any atom is 0.408 e. The number of benzene rings is 1. The minimum atomic E-state index is -0.841. The Morgan fingerprint density at radius 2 is 1.79 bits per heavy atom. The number of aryl methyl sites for hydroxylation is 2. The topological polar surface area (TPSA) is 137 Å². The Kier molecular flexibility index (Phi) is 12.2. The zero-order valence-corrected chi connectivity index (χ0v) is 29.8. The number of aromatic nitrogens is 3. The number of hydrogen-bond donors (Lipinski definition) is 2. The molecule has 2 atom stereocenters. The first-order chi connectivity index (χ1) is 22.3. The third-order valence-electron chi connectivity index (χ3n) is 7.70. The minimum Gasteiger partial charge on any atom is -0.464 e. The van der Waals surface area contributed by atoms with E-state index < -0.39 is 29.7 Å². The molecular formula is C34H45ClN6O5S. The summed E-state index contributed by atoms with van der Waals surface area (Å²) >= 11 is 7.86. The van der Waals surface area contributed by atoms with Crippen molar-refractivity contribution < 1.29 is 23.9 Å². The average molecular weight is 685 g/mol. The Morgan fingerprint density at radius 1 is 1.06 bits per heavy atom. The maximum atomic E-state index is 13.3. The van der Waals surface area contributed by atoms with Crippen molar-refractivity contribution in [3.63, 3.8) is 0 Å². The first kappa shape index (κ1) is 36.1. The lowest BCUT2D eigenvalue weighted by molar-refractivity contribution is -0.146. The van der Waals surface area contributed by atoms with Crippen molar-refractivity contribution in [2.45, 2.75) is 105 Å². The number of carbonyl (C=O) groups is 3. The maximum absolute atomic E-state index is 13.3. The molecule has 1 aliphatic rings. The van der Waals surface area contributed by atoms with Crippen LogP contribution in [0.15, 0.2) is 29.3 Å². The molecule has 0 saturated heterocycles. The summed E-state index contributed by atoms with van der Waals surface area (Å²) in [6.45, 7) is 14.0. The molecule has 13 heteroatoms. The number of amides is 2. The molecule has 2 aromatic heterocycles. The average Bonchev–Trinajstić information content (AvgIpc) is 3.47. The number of nitrogens with zero attached hydrogens (tertiary/aromatic N) is 4. The van der Waals surface area contributed by atoms with Gasteiger partial charge in [0.05, 0.1) is 18.7 Å². The molecule has 3 aromatic rings. The van der Waals surface area contributed by atoms with Gasteiger partial charge in [-0.25, -0.2) is 9.59 Å². The summed E-state index contributed by atoms with van der Waals surface area (Å²) < 4.78 is 12.7. The van der Waals surface area contributed by atoms with Crippen LogP contribution in [0, 0.1) is 20.8 Å². The van der Waals surface area contributed by atoms with Gasteiger partial charge in [-0.15, -0.1) is 21.5 Å². The quantitative estimate of drug-likeness (QED) is 0.151. The number of unbranched alkanes of at least 4 members (excludes halogenated alkanes) is 2. The first-order valence-corrected chi connectivity index (χ1v) is 17.3. The predicted octanol–water partition coefficient (Wildman–Crippen LogP) is 6.71. The fourth-order valence-electron chi connectivity index (χ4n) is 5.20. The highest BCUT2D eigenvalue weighted by Crippen LogP contribution is 2.39. The number of nitrogens with one attached hydrogen (secondary N) is 2. The second-order valence-electron chi connectivity index (χ2n) is 12.7. The summed E-state index contributed by atoms with van der Waals surface area (Å²) in [7, 11) is 0. The van der Waals surface area contributed by atoms with Gasteiger partial charge in [0.25, 0.3) is 0 Å². The second-order valence-corrected chi connectivity index (χ2v) is 14.3. The number of ether oxygens (including phenoxy) is 2. The Morgan fingerprint density at radius 3 is 2.47 bits per heavy atom. The summed E-state index contributed by atoms with van der Waals surface area (Å²) in [6, 6.07) is 6.15. The molecule has 0 radical (unpaired) electrons. The van der Waals surface area contributed by atoms with E-state index in [0.717, 1.165) is 46.1 Å². The number of thiophene rings is 1. The number of fused-ring (bicyclic) bond motifs is 3. The van der Waals surface area contributed by atoms with Gasteiger partial charge in [0.1, 0.15) is 28.5 Å². The fraction of sp³-hybridized carbons (Fsp3) is 0.529. The zero-order valence-electron chi connectivity index (χ0n) is 28.2. The SMILES string of the molecule is CCCCOC(=O)[C@H](CCCCNC(=O)C[C@@H]1N=C(c2ccc(Cl)cc2)c2c(sc(C)c2C)-n2c(C)nnc21)NC(=O)OC(C)(C)C. The Balaban J connectivity index is 1.43. The van der Waals surface area contributed by atoms with E-state index >= 15 is 0 Å². The number of alkyl carbamates (subject to hydrolysis) is 1. The molecule has 254 valence electrons. The van der Waals surface area contributed by atoms with Crippen LogP contribution in [0.1, 0.15) is 105 Å². The summed E-state index contributed by atoms with van der Waals surface area (Å²) in [5.74, 6) is 0.668. The minimum absolute atomic E-state index is 0.0781. The van der Waals surface area contributed by atoms with Gasteiger partial charge >= 0.3 is 12.1 Å². The summed E-state index contributed by atoms with van der Waals surface area (Å²) in [5.41, 5.74) is 3.12. The van der Waals surface area contributed by atoms with Crippen LogP contribution in [-0.4, -0.2) is 63.2 Å². The van der Waals surface area contributed by atoms with Crippen molar-refractivity contribution in [3.8, 4) is 5.00 Å². The standard InChI is InChI=1S/C34H45ClN6O5S/c1-8-9-18-45-32(43)25(38-33(44)46-34(5,6)7)12-10-11-17-36-27(42)19-26-30-40-39-22(4)41(30)31-28(20(2)21(3)47-31)29(37-26)23-13-15-24(35)16-14-23/h13-16,25-26H,8-12,17-19H2,1-7H3,(H,36,42)(H,38,44)/t25-,26-/m0/s1. The van der Waals surface area contributed by atoms with Gasteiger partial charge in [0.15, 0.2) is 5.82 Å². The molecule has 0 fully saturated rings. The van der Waals surface area contributed by atoms with Crippen molar-refractivity contribution in [2.24, 2.45) is 4.99 Å². The molecule has 0 aliphatic carbocycles. The number of hydrogen-bond acceptors (Lipinski definition) is 9. The van der Waals surface area contributed by atoms with E-state index in [2.05, 4.69) is 34.7 Å². The van der Waals surface area contributed by atoms with E-state index in [1.807, 2.05) is 42.7 Å². The first-order valence-electron chi connectivity index (χ1n) is 16.1. The molecular weight excluding hydrogens is 640 g/mol. The van der Waals surface area contributed by atoms with E-state index in [-0.39, 0.29) is 12.3 Å². The Bertz CT molecular complexity index is 1610. The van der Waals surface area contributed by atoms with Gasteiger partial charge in [0, 0.05) is 27.6 Å². The summed E-state index contributed by atoms with van der Waals surface area (Å²) in [5, 5.41) is 16.1. The van der Waals surface area contributed by atoms with Gasteiger partial charge < -0.3 is 20.1 Å². The molecule has 1 aliphatic heterocycles. The molecule has 2 amide bonds. The molecule has 11 nitrogen and oxygen atoms in total. The molecule has 1 aromatic carbocycles. The highest BCUT2D eigenvalue weighted by Gasteiger charge is 2.32. The normalized spacial score (nSPS) is 14.7. The molecule has 3 heterocycles. The van der Waals surface area contributed by atoms with Gasteiger partial charge in [-0.05, 0) is 84.9 Å². The molecule has 0 bridgehead atoms. The largest absolute Gasteiger partial charge is 0.464 e. The van der Waals surface area contributed by atoms with E-state index in [1.165, 1.54) is 4.88 Å². The van der Waals surface area contributed by atoms with Crippen LogP contribution in [0.2, 0.25) is 5.02 Å². The van der Waals surface area contributed by atoms with Gasteiger partial charge in [-0.3, -0.25) is 14.4 Å². The lowest BCUT2D eigenvalue weighted by Crippen LogP contribution is -2.44. The molecule has 4 rings (SSSR count). The van der Waals surface area contributed by atoms with Crippen molar-refractivity contribution in [1.82, 2.24) is 25.4 Å². The van der Waals surface area contributed by atoms with Crippen molar-refractivity contribution in [3.05, 3.63) is 62.5 Å². The van der Waals surface area contributed by atoms with E-state index in [1.54, 1.807) is 32.1 Å². The monoisotopic (exact) mass is 684 g/mol. The lowest BCUT2D eigenvalue weighted by Gasteiger charge is -2.23. The van der Waals surface area contributed by atoms with Gasteiger partial charge in [-0.2, -0.15) is 0 Å². The highest BCUT2D eigenvalue weighted by molar-refractivity contribution is 7.15. The van der Waals surface area contributed by atoms with Crippen molar-refractivity contribution >= 4 is 46.6 Å². The number of aliphatic imine (C=N–C) groups is 1. The fourth-order valence-corrected chi connectivity index (χ4v) is 6.54. The summed E-state index contributed by atoms with van der Waals surface area (Å²) in [4.78, 5) is 44.7. The molecule has 2 N–H and O–H groups in total. The third-order valence-corrected chi connectivity index (χ3v) is 9.14. The van der Waals surface area contributed by atoms with E-state index in [4.69, 9.17) is 26.1 Å². The van der Waals surface area contributed by atoms with Crippen LogP contribution >= 0.6 is 22.9 Å². The predicted molar refractivity (Wildman–Crippen MR) is 184 cm³/mol. The Labute approximate surface area is 285 Å². The smallest absolute Gasteiger partial charge is 0.408 e. The molecule has 0 unspecified atom stereocenters. The number of rotatable bonds is 13. The number of halogens is 1. The third kappa shape index (κ3) is 9.41. The van der Waals surface area contributed by atoms with Crippen LogP contribution in [0.4, 0.5) is 4.79 Å². The van der Waals surface area contributed by atoms with E-state index in [0.29, 0.717) is 43.3 Å². The van der Waals surface area contributed by atoms with E-state index in [9.17, 15) is 14.4 Å². The van der Waals surface area contributed by atoms with Crippen molar-refractivity contribution in [1.29, 1.82) is 0 Å². The summed E-state index contributed by atoms with van der Waals surface area (Å²) in [6.07, 6.45) is 2.54. The van der Waals surface area contributed by atoms with Crippen LogP contribution < -0.4 is 10.6 Å². The van der Waals surface area contributed by atoms with Crippen LogP contribution in [0.5, 0.6) is 0 Å². The molecule has 47 heavy (non-hydrogen) atoms. The zero-order chi connectivity index (χ0) is 34.3.